The maximum atomic E-state index is 12.2. The number of aromatic nitrogens is 2. The van der Waals surface area contributed by atoms with Crippen LogP contribution in [0.3, 0.4) is 0 Å². The maximum Gasteiger partial charge on any atom is 0.410 e. The number of hydrogen-bond donors (Lipinski definition) is 1. The summed E-state index contributed by atoms with van der Waals surface area (Å²) in [6.45, 7) is 7.72. The van der Waals surface area contributed by atoms with E-state index in [2.05, 4.69) is 15.3 Å². The van der Waals surface area contributed by atoms with Gasteiger partial charge in [-0.15, -0.1) is 0 Å². The molecule has 3 heterocycles. The number of anilines is 1. The number of nitrogens with one attached hydrogen (secondary N) is 1. The Morgan fingerprint density at radius 1 is 1.39 bits per heavy atom. The SMILES string of the molecule is CC(C)(C)OC(=O)N1CCCC(Oc2ncnc3c2CCN3)C1. The van der Waals surface area contributed by atoms with Crippen LogP contribution < -0.4 is 10.1 Å². The Morgan fingerprint density at radius 2 is 2.22 bits per heavy atom. The van der Waals surface area contributed by atoms with Crippen molar-refractivity contribution < 1.29 is 14.3 Å². The molecule has 1 atom stereocenters. The van der Waals surface area contributed by atoms with Crippen LogP contribution in [-0.4, -0.2) is 52.3 Å². The average Bonchev–Trinajstić information content (AvgIpc) is 2.95. The largest absolute Gasteiger partial charge is 0.472 e. The van der Waals surface area contributed by atoms with Crippen LogP contribution in [0, 0.1) is 0 Å². The highest BCUT2D eigenvalue weighted by atomic mass is 16.6. The second-order valence-corrected chi connectivity index (χ2v) is 6.99. The van der Waals surface area contributed by atoms with Gasteiger partial charge in [0.15, 0.2) is 0 Å². The van der Waals surface area contributed by atoms with Crippen molar-refractivity contribution in [3.63, 3.8) is 0 Å². The molecule has 1 aromatic heterocycles. The van der Waals surface area contributed by atoms with E-state index in [1.165, 1.54) is 6.33 Å². The molecule has 1 aromatic rings. The van der Waals surface area contributed by atoms with Gasteiger partial charge in [0.25, 0.3) is 0 Å². The molecule has 1 saturated heterocycles. The van der Waals surface area contributed by atoms with Gasteiger partial charge in [0, 0.05) is 13.1 Å². The van der Waals surface area contributed by atoms with E-state index in [9.17, 15) is 4.79 Å². The normalized spacial score (nSPS) is 20.7. The van der Waals surface area contributed by atoms with Crippen LogP contribution in [0.15, 0.2) is 6.33 Å². The summed E-state index contributed by atoms with van der Waals surface area (Å²) in [7, 11) is 0. The predicted molar refractivity (Wildman–Crippen MR) is 85.7 cm³/mol. The zero-order chi connectivity index (χ0) is 16.4. The molecule has 23 heavy (non-hydrogen) atoms. The summed E-state index contributed by atoms with van der Waals surface area (Å²) in [6, 6.07) is 0. The van der Waals surface area contributed by atoms with Gasteiger partial charge in [-0.1, -0.05) is 0 Å². The van der Waals surface area contributed by atoms with Crippen molar-refractivity contribution in [1.29, 1.82) is 0 Å². The Balaban J connectivity index is 1.63. The number of nitrogens with zero attached hydrogens (tertiary/aromatic N) is 3. The van der Waals surface area contributed by atoms with E-state index in [0.29, 0.717) is 19.0 Å². The summed E-state index contributed by atoms with van der Waals surface area (Å²) in [5.74, 6) is 1.49. The van der Waals surface area contributed by atoms with Gasteiger partial charge in [-0.25, -0.2) is 14.8 Å². The lowest BCUT2D eigenvalue weighted by Gasteiger charge is -2.34. The molecule has 2 aliphatic heterocycles. The van der Waals surface area contributed by atoms with Gasteiger partial charge < -0.3 is 19.7 Å². The van der Waals surface area contributed by atoms with Crippen LogP contribution in [0.25, 0.3) is 0 Å². The lowest BCUT2D eigenvalue weighted by Crippen LogP contribution is -2.46. The van der Waals surface area contributed by atoms with Gasteiger partial charge in [-0.3, -0.25) is 0 Å². The minimum absolute atomic E-state index is 0.0594. The highest BCUT2D eigenvalue weighted by Gasteiger charge is 2.29. The van der Waals surface area contributed by atoms with E-state index < -0.39 is 5.60 Å². The summed E-state index contributed by atoms with van der Waals surface area (Å²) in [5.41, 5.74) is 0.547. The molecule has 7 heteroatoms. The molecule has 1 amide bonds. The summed E-state index contributed by atoms with van der Waals surface area (Å²) in [6.07, 6.45) is 3.85. The van der Waals surface area contributed by atoms with E-state index in [1.54, 1.807) is 4.90 Å². The topological polar surface area (TPSA) is 76.6 Å². The van der Waals surface area contributed by atoms with Crippen LogP contribution in [-0.2, 0) is 11.2 Å². The number of rotatable bonds is 2. The van der Waals surface area contributed by atoms with Crippen molar-refractivity contribution in [2.45, 2.75) is 51.7 Å². The zero-order valence-corrected chi connectivity index (χ0v) is 14.0. The first-order chi connectivity index (χ1) is 10.9. The molecule has 7 nitrogen and oxygen atoms in total. The summed E-state index contributed by atoms with van der Waals surface area (Å²) < 4.78 is 11.5. The summed E-state index contributed by atoms with van der Waals surface area (Å²) >= 11 is 0. The molecule has 0 spiro atoms. The average molecular weight is 320 g/mol. The molecule has 1 unspecified atom stereocenters. The van der Waals surface area contributed by atoms with E-state index in [-0.39, 0.29) is 12.2 Å². The molecule has 0 bridgehead atoms. The fraction of sp³-hybridized carbons (Fsp3) is 0.688. The van der Waals surface area contributed by atoms with Gasteiger partial charge in [-0.2, -0.15) is 0 Å². The van der Waals surface area contributed by atoms with Crippen molar-refractivity contribution in [1.82, 2.24) is 14.9 Å². The minimum atomic E-state index is -0.482. The molecule has 0 saturated carbocycles. The first-order valence-electron chi connectivity index (χ1n) is 8.15. The van der Waals surface area contributed by atoms with Gasteiger partial charge in [0.2, 0.25) is 5.88 Å². The second kappa shape index (κ2) is 6.22. The fourth-order valence-electron chi connectivity index (χ4n) is 2.87. The third-order valence-corrected chi connectivity index (χ3v) is 3.88. The van der Waals surface area contributed by atoms with Crippen molar-refractivity contribution >= 4 is 11.9 Å². The Bertz CT molecular complexity index is 585. The van der Waals surface area contributed by atoms with Gasteiger partial charge in [-0.05, 0) is 40.0 Å². The molecular weight excluding hydrogens is 296 g/mol. The van der Waals surface area contributed by atoms with Gasteiger partial charge in [0.1, 0.15) is 23.9 Å². The zero-order valence-electron chi connectivity index (χ0n) is 14.0. The number of ether oxygens (including phenoxy) is 2. The quantitative estimate of drug-likeness (QED) is 0.900. The molecule has 1 fully saturated rings. The van der Waals surface area contributed by atoms with E-state index >= 15 is 0 Å². The number of carbonyl (C=O) groups excluding carboxylic acids is 1. The van der Waals surface area contributed by atoms with Crippen molar-refractivity contribution in [3.8, 4) is 5.88 Å². The first kappa shape index (κ1) is 15.8. The van der Waals surface area contributed by atoms with Crippen LogP contribution in [0.5, 0.6) is 5.88 Å². The maximum absolute atomic E-state index is 12.2. The molecule has 126 valence electrons. The number of carbonyl (C=O) groups is 1. The van der Waals surface area contributed by atoms with Crippen LogP contribution in [0.4, 0.5) is 10.6 Å². The molecule has 0 radical (unpaired) electrons. The molecule has 1 N–H and O–H groups in total. The van der Waals surface area contributed by atoms with Crippen LogP contribution in [0.1, 0.15) is 39.2 Å². The Morgan fingerprint density at radius 3 is 3.00 bits per heavy atom. The first-order valence-corrected chi connectivity index (χ1v) is 8.15. The number of piperidine rings is 1. The van der Waals surface area contributed by atoms with E-state index in [4.69, 9.17) is 9.47 Å². The summed E-state index contributed by atoms with van der Waals surface area (Å²) in [5, 5.41) is 3.21. The van der Waals surface area contributed by atoms with Crippen molar-refractivity contribution in [3.05, 3.63) is 11.9 Å². The van der Waals surface area contributed by atoms with Crippen LogP contribution in [0.2, 0.25) is 0 Å². The van der Waals surface area contributed by atoms with E-state index in [0.717, 1.165) is 37.2 Å². The molecule has 0 aliphatic carbocycles. The third-order valence-electron chi connectivity index (χ3n) is 3.88. The minimum Gasteiger partial charge on any atom is -0.472 e. The highest BCUT2D eigenvalue weighted by molar-refractivity contribution is 5.68. The number of fused-ring (bicyclic) bond motifs is 1. The number of likely N-dealkylation sites (tertiary alicyclic amines) is 1. The Labute approximate surface area is 136 Å². The van der Waals surface area contributed by atoms with Gasteiger partial charge >= 0.3 is 6.09 Å². The van der Waals surface area contributed by atoms with E-state index in [1.807, 2.05) is 20.8 Å². The van der Waals surface area contributed by atoms with Crippen molar-refractivity contribution in [2.75, 3.05) is 25.0 Å². The second-order valence-electron chi connectivity index (χ2n) is 6.99. The monoisotopic (exact) mass is 320 g/mol. The van der Waals surface area contributed by atoms with Crippen molar-refractivity contribution in [2.24, 2.45) is 0 Å². The number of amides is 1. The lowest BCUT2D eigenvalue weighted by atomic mass is 10.1. The molecular formula is C16H24N4O3. The molecule has 0 aromatic carbocycles. The Hall–Kier alpha value is -2.05. The lowest BCUT2D eigenvalue weighted by molar-refractivity contribution is 0.00712. The van der Waals surface area contributed by atoms with Gasteiger partial charge in [0.05, 0.1) is 12.1 Å². The predicted octanol–water partition coefficient (Wildman–Crippen LogP) is 2.22. The highest BCUT2D eigenvalue weighted by Crippen LogP contribution is 2.28. The standard InChI is InChI=1S/C16H24N4O3/c1-16(2,3)23-15(21)20-8-4-5-11(9-20)22-14-12-6-7-17-13(12)18-10-19-14/h10-11H,4-9H2,1-3H3,(H,17,18,19). The number of hydrogen-bond acceptors (Lipinski definition) is 6. The third kappa shape index (κ3) is 3.83. The molecule has 3 rings (SSSR count). The van der Waals surface area contributed by atoms with Crippen LogP contribution >= 0.6 is 0 Å². The molecule has 2 aliphatic rings. The fourth-order valence-corrected chi connectivity index (χ4v) is 2.87. The smallest absolute Gasteiger partial charge is 0.410 e. The summed E-state index contributed by atoms with van der Waals surface area (Å²) in [4.78, 5) is 22.4. The Kier molecular flexibility index (Phi) is 4.28.